The monoisotopic (exact) mass is 265 g/mol. The Kier molecular flexibility index (Phi) is 4.93. The summed E-state index contributed by atoms with van der Waals surface area (Å²) in [7, 11) is 0. The Morgan fingerprint density at radius 3 is 2.89 bits per heavy atom. The fourth-order valence-corrected chi connectivity index (χ4v) is 2.65. The summed E-state index contributed by atoms with van der Waals surface area (Å²) in [5.41, 5.74) is 0. The molecule has 1 aliphatic rings. The molecule has 5 nitrogen and oxygen atoms in total. The highest BCUT2D eigenvalue weighted by atomic mass is 16.5. The first kappa shape index (κ1) is 14.0. The van der Waals surface area contributed by atoms with Crippen LogP contribution in [0.3, 0.4) is 0 Å². The van der Waals surface area contributed by atoms with Crippen LogP contribution in [-0.4, -0.2) is 27.3 Å². The Morgan fingerprint density at radius 1 is 1.32 bits per heavy atom. The Morgan fingerprint density at radius 2 is 2.16 bits per heavy atom. The molecule has 19 heavy (non-hydrogen) atoms. The van der Waals surface area contributed by atoms with E-state index in [1.165, 1.54) is 6.42 Å². The van der Waals surface area contributed by atoms with Crippen LogP contribution in [0, 0.1) is 0 Å². The summed E-state index contributed by atoms with van der Waals surface area (Å²) in [6.07, 6.45) is 6.20. The molecular weight excluding hydrogens is 242 g/mol. The number of carbonyl (C=O) groups is 1. The molecule has 0 N–H and O–H groups in total. The van der Waals surface area contributed by atoms with Crippen LogP contribution in [0.15, 0.2) is 0 Å². The molecule has 0 aromatic carbocycles. The Bertz CT molecular complexity index is 428. The molecule has 0 radical (unpaired) electrons. The highest BCUT2D eigenvalue weighted by Crippen LogP contribution is 2.24. The zero-order valence-corrected chi connectivity index (χ0v) is 11.9. The van der Waals surface area contributed by atoms with Gasteiger partial charge in [-0.15, -0.1) is 10.2 Å². The van der Waals surface area contributed by atoms with Crippen molar-refractivity contribution >= 4 is 5.97 Å². The summed E-state index contributed by atoms with van der Waals surface area (Å²) in [4.78, 5) is 12.1. The maximum Gasteiger partial charge on any atom is 0.316 e. The molecule has 0 saturated heterocycles. The summed E-state index contributed by atoms with van der Waals surface area (Å²) in [6.45, 7) is 5.26. The number of esters is 1. The van der Waals surface area contributed by atoms with Crippen molar-refractivity contribution in [1.82, 2.24) is 14.8 Å². The first-order chi connectivity index (χ1) is 9.27. The molecule has 0 saturated carbocycles. The van der Waals surface area contributed by atoms with Gasteiger partial charge in [0.1, 0.15) is 17.6 Å². The minimum atomic E-state index is -0.260. The first-order valence-corrected chi connectivity index (χ1v) is 7.36. The number of nitrogens with zero attached hydrogens (tertiary/aromatic N) is 3. The molecule has 5 heteroatoms. The number of hydrogen-bond acceptors (Lipinski definition) is 4. The molecule has 2 rings (SSSR count). The highest BCUT2D eigenvalue weighted by molar-refractivity contribution is 5.77. The van der Waals surface area contributed by atoms with Crippen LogP contribution in [0.2, 0.25) is 0 Å². The van der Waals surface area contributed by atoms with Crippen LogP contribution in [0.25, 0.3) is 0 Å². The molecule has 1 aromatic rings. The maximum absolute atomic E-state index is 12.1. The van der Waals surface area contributed by atoms with E-state index in [1.807, 2.05) is 6.92 Å². The predicted molar refractivity (Wildman–Crippen MR) is 71.9 cm³/mol. The number of fused-ring (bicyclic) bond motifs is 1. The van der Waals surface area contributed by atoms with Gasteiger partial charge in [-0.05, 0) is 26.2 Å². The Balaban J connectivity index is 2.26. The Hall–Kier alpha value is -1.39. The van der Waals surface area contributed by atoms with E-state index in [0.29, 0.717) is 6.61 Å². The van der Waals surface area contributed by atoms with Crippen molar-refractivity contribution in [1.29, 1.82) is 0 Å². The lowest BCUT2D eigenvalue weighted by Gasteiger charge is -2.15. The maximum atomic E-state index is 12.1. The van der Waals surface area contributed by atoms with Crippen LogP contribution in [0.1, 0.15) is 63.5 Å². The van der Waals surface area contributed by atoms with Crippen molar-refractivity contribution < 1.29 is 9.53 Å². The predicted octanol–water partition coefficient (Wildman–Crippen LogP) is 2.45. The van der Waals surface area contributed by atoms with Gasteiger partial charge in [0.15, 0.2) is 0 Å². The van der Waals surface area contributed by atoms with E-state index in [-0.39, 0.29) is 11.9 Å². The van der Waals surface area contributed by atoms with Crippen molar-refractivity contribution in [2.75, 3.05) is 6.61 Å². The molecule has 0 spiro atoms. The highest BCUT2D eigenvalue weighted by Gasteiger charge is 2.28. The summed E-state index contributed by atoms with van der Waals surface area (Å²) >= 11 is 0. The number of carbonyl (C=O) groups excluding carboxylic acids is 1. The van der Waals surface area contributed by atoms with Gasteiger partial charge in [-0.2, -0.15) is 0 Å². The quantitative estimate of drug-likeness (QED) is 0.767. The molecule has 1 unspecified atom stereocenters. The number of aryl methyl sites for hydroxylation is 1. The smallest absolute Gasteiger partial charge is 0.316 e. The van der Waals surface area contributed by atoms with Crippen LogP contribution < -0.4 is 0 Å². The average molecular weight is 265 g/mol. The van der Waals surface area contributed by atoms with Crippen molar-refractivity contribution in [3.8, 4) is 0 Å². The lowest BCUT2D eigenvalue weighted by Crippen LogP contribution is -2.20. The molecule has 1 aliphatic heterocycles. The lowest BCUT2D eigenvalue weighted by atomic mass is 10.0. The third kappa shape index (κ3) is 3.14. The second-order valence-electron chi connectivity index (χ2n) is 5.03. The Labute approximate surface area is 114 Å². The number of hydrogen-bond donors (Lipinski definition) is 0. The fraction of sp³-hybridized carbons (Fsp3) is 0.786. The molecule has 1 aromatic heterocycles. The molecule has 0 aliphatic carbocycles. The number of ether oxygens (including phenoxy) is 1. The van der Waals surface area contributed by atoms with E-state index in [9.17, 15) is 4.79 Å². The van der Waals surface area contributed by atoms with E-state index in [2.05, 4.69) is 21.7 Å². The molecule has 1 atom stereocenters. The van der Waals surface area contributed by atoms with Gasteiger partial charge in [0, 0.05) is 13.0 Å². The average Bonchev–Trinajstić information content (AvgIpc) is 2.65. The number of rotatable bonds is 5. The standard InChI is InChI=1S/C14H23N3O2/c1-3-8-11(14(18)19-4-2)13-16-15-12-9-6-5-7-10-17(12)13/h11H,3-10H2,1-2H3. The summed E-state index contributed by atoms with van der Waals surface area (Å²) in [5.74, 6) is 1.41. The van der Waals surface area contributed by atoms with Gasteiger partial charge in [-0.25, -0.2) is 0 Å². The van der Waals surface area contributed by atoms with Gasteiger partial charge >= 0.3 is 5.97 Å². The van der Waals surface area contributed by atoms with Gasteiger partial charge in [0.05, 0.1) is 6.61 Å². The zero-order valence-electron chi connectivity index (χ0n) is 11.9. The van der Waals surface area contributed by atoms with Crippen LogP contribution in [0.4, 0.5) is 0 Å². The summed E-state index contributed by atoms with van der Waals surface area (Å²) in [5, 5.41) is 8.54. The van der Waals surface area contributed by atoms with Gasteiger partial charge < -0.3 is 9.30 Å². The second kappa shape index (κ2) is 6.68. The molecular formula is C14H23N3O2. The van der Waals surface area contributed by atoms with Crippen molar-refractivity contribution in [3.63, 3.8) is 0 Å². The first-order valence-electron chi connectivity index (χ1n) is 7.36. The summed E-state index contributed by atoms with van der Waals surface area (Å²) < 4.78 is 7.33. The SMILES string of the molecule is CCCC(C(=O)OCC)c1nnc2n1CCCCC2. The van der Waals surface area contributed by atoms with E-state index in [0.717, 1.165) is 50.3 Å². The normalized spacial score (nSPS) is 16.5. The largest absolute Gasteiger partial charge is 0.465 e. The number of aromatic nitrogens is 3. The van der Waals surface area contributed by atoms with Gasteiger partial charge in [-0.1, -0.05) is 19.8 Å². The van der Waals surface area contributed by atoms with E-state index < -0.39 is 0 Å². The van der Waals surface area contributed by atoms with Crippen LogP contribution in [0.5, 0.6) is 0 Å². The van der Waals surface area contributed by atoms with Gasteiger partial charge in [0.25, 0.3) is 0 Å². The molecule has 0 fully saturated rings. The van der Waals surface area contributed by atoms with Crippen LogP contribution in [-0.2, 0) is 22.5 Å². The topological polar surface area (TPSA) is 57.0 Å². The van der Waals surface area contributed by atoms with Gasteiger partial charge in [-0.3, -0.25) is 4.79 Å². The third-order valence-corrected chi connectivity index (χ3v) is 3.60. The zero-order chi connectivity index (χ0) is 13.7. The molecule has 0 bridgehead atoms. The van der Waals surface area contributed by atoms with Crippen molar-refractivity contribution in [2.24, 2.45) is 0 Å². The second-order valence-corrected chi connectivity index (χ2v) is 5.03. The van der Waals surface area contributed by atoms with Crippen LogP contribution >= 0.6 is 0 Å². The van der Waals surface area contributed by atoms with E-state index in [1.54, 1.807) is 0 Å². The van der Waals surface area contributed by atoms with E-state index in [4.69, 9.17) is 4.74 Å². The van der Waals surface area contributed by atoms with Gasteiger partial charge in [0.2, 0.25) is 0 Å². The minimum Gasteiger partial charge on any atom is -0.465 e. The fourth-order valence-electron chi connectivity index (χ4n) is 2.65. The van der Waals surface area contributed by atoms with E-state index >= 15 is 0 Å². The summed E-state index contributed by atoms with van der Waals surface area (Å²) in [6, 6.07) is 0. The molecule has 0 amide bonds. The molecule has 106 valence electrons. The van der Waals surface area contributed by atoms with Crippen molar-refractivity contribution in [3.05, 3.63) is 11.6 Å². The van der Waals surface area contributed by atoms with Crippen molar-refractivity contribution in [2.45, 2.75) is 64.8 Å². The lowest BCUT2D eigenvalue weighted by molar-refractivity contribution is -0.145. The minimum absolute atomic E-state index is 0.163. The molecule has 2 heterocycles. The third-order valence-electron chi connectivity index (χ3n) is 3.60.